The molecule has 0 amide bonds. The number of hydrogen-bond acceptors (Lipinski definition) is 2. The van der Waals surface area contributed by atoms with Crippen LogP contribution in [0.4, 0.5) is 26.3 Å². The van der Waals surface area contributed by atoms with Crippen molar-refractivity contribution in [3.05, 3.63) is 34.5 Å². The molecule has 1 aliphatic rings. The molecular weight excluding hydrogens is 410 g/mol. The first-order chi connectivity index (χ1) is 11.8. The van der Waals surface area contributed by atoms with Crippen LogP contribution in [0.15, 0.2) is 24.0 Å². The van der Waals surface area contributed by atoms with Gasteiger partial charge in [0.1, 0.15) is 0 Å². The van der Waals surface area contributed by atoms with E-state index >= 15 is 0 Å². The second kappa shape index (κ2) is 5.97. The molecule has 0 spiro atoms. The van der Waals surface area contributed by atoms with Crippen molar-refractivity contribution in [1.29, 1.82) is 0 Å². The molecule has 0 bridgehead atoms. The van der Waals surface area contributed by atoms with Crippen molar-refractivity contribution >= 4 is 40.8 Å². The summed E-state index contributed by atoms with van der Waals surface area (Å²) in [5.41, 5.74) is -1.45. The van der Waals surface area contributed by atoms with Gasteiger partial charge in [-0.3, -0.25) is 0 Å². The first kappa shape index (κ1) is 19.7. The van der Waals surface area contributed by atoms with Crippen LogP contribution in [0.25, 0.3) is 15.3 Å². The van der Waals surface area contributed by atoms with Crippen LogP contribution in [0.1, 0.15) is 10.4 Å². The molecule has 1 atom stereocenters. The maximum atomic E-state index is 14.0. The van der Waals surface area contributed by atoms with Crippen molar-refractivity contribution in [3.8, 4) is 9.75 Å². The van der Waals surface area contributed by atoms with E-state index in [0.29, 0.717) is 9.75 Å². The Morgan fingerprint density at radius 2 is 1.62 bits per heavy atom. The number of hydrogen-bond donors (Lipinski definition) is 0. The molecule has 26 heavy (non-hydrogen) atoms. The van der Waals surface area contributed by atoms with Crippen molar-refractivity contribution in [2.24, 2.45) is 0 Å². The molecule has 2 aromatic rings. The van der Waals surface area contributed by atoms with Gasteiger partial charge in [-0.1, -0.05) is 25.7 Å². The van der Waals surface area contributed by atoms with Gasteiger partial charge in [0, 0.05) is 20.2 Å². The number of aryl methyl sites for hydroxylation is 1. The molecule has 0 nitrogen and oxygen atoms in total. The fraction of sp³-hybridized carbons (Fsp3) is 0.412. The van der Waals surface area contributed by atoms with E-state index in [-0.39, 0.29) is 5.56 Å². The smallest absolute Gasteiger partial charge is 0.235 e. The fourth-order valence-corrected chi connectivity index (χ4v) is 6.78. The summed E-state index contributed by atoms with van der Waals surface area (Å²) in [6.45, 7) is 8.00. The van der Waals surface area contributed by atoms with Gasteiger partial charge in [0.05, 0.1) is 8.07 Å². The topological polar surface area (TPSA) is 0 Å². The summed E-state index contributed by atoms with van der Waals surface area (Å²) < 4.78 is 83.2. The van der Waals surface area contributed by atoms with Crippen molar-refractivity contribution in [1.82, 2.24) is 0 Å². The van der Waals surface area contributed by atoms with Crippen molar-refractivity contribution in [3.63, 3.8) is 0 Å². The zero-order valence-electron chi connectivity index (χ0n) is 14.4. The van der Waals surface area contributed by atoms with Crippen molar-refractivity contribution < 1.29 is 26.3 Å². The minimum atomic E-state index is -5.13. The van der Waals surface area contributed by atoms with Crippen LogP contribution in [0.2, 0.25) is 19.6 Å². The number of rotatable bonds is 3. The second-order valence-electron chi connectivity index (χ2n) is 7.28. The largest absolute Gasteiger partial charge is 0.364 e. The summed E-state index contributed by atoms with van der Waals surface area (Å²) in [5.74, 6) is -12.6. The maximum Gasteiger partial charge on any atom is 0.364 e. The Balaban J connectivity index is 2.07. The lowest BCUT2D eigenvalue weighted by atomic mass is 10.0. The van der Waals surface area contributed by atoms with Gasteiger partial charge in [-0.05, 0) is 29.1 Å². The molecule has 0 saturated carbocycles. The molecule has 1 unspecified atom stereocenters. The summed E-state index contributed by atoms with van der Waals surface area (Å²) >= 11 is 2.68. The third kappa shape index (κ3) is 2.79. The Morgan fingerprint density at radius 1 is 1.00 bits per heavy atom. The van der Waals surface area contributed by atoms with Crippen LogP contribution < -0.4 is 4.50 Å². The molecule has 2 heterocycles. The predicted octanol–water partition coefficient (Wildman–Crippen LogP) is 6.63. The Morgan fingerprint density at radius 3 is 2.08 bits per heavy atom. The lowest BCUT2D eigenvalue weighted by molar-refractivity contribution is -0.203. The van der Waals surface area contributed by atoms with E-state index in [1.165, 1.54) is 28.8 Å². The zero-order valence-corrected chi connectivity index (χ0v) is 17.0. The number of thiophene rings is 2. The number of halogens is 6. The van der Waals surface area contributed by atoms with Gasteiger partial charge in [0.25, 0.3) is 0 Å². The highest BCUT2D eigenvalue weighted by Crippen LogP contribution is 2.57. The quantitative estimate of drug-likeness (QED) is 0.382. The summed E-state index contributed by atoms with van der Waals surface area (Å²) in [5, 5.41) is 0. The standard InChI is InChI=1S/C17H16F6S2Si/c1-8-9(13-14(18)16(20,21)17(22,23)15(13)19)7-11(24-8)10-5-6-12(25-10)26(2,3)4/h5-7,14H,1-4H3. The van der Waals surface area contributed by atoms with Crippen molar-refractivity contribution in [2.45, 2.75) is 44.6 Å². The Kier molecular flexibility index (Phi) is 4.52. The minimum absolute atomic E-state index is 0.213. The number of alkyl halides is 5. The normalized spacial score (nSPS) is 22.3. The van der Waals surface area contributed by atoms with E-state index in [4.69, 9.17) is 0 Å². The molecule has 9 heteroatoms. The third-order valence-corrected chi connectivity index (χ3v) is 10.2. The van der Waals surface area contributed by atoms with Gasteiger partial charge < -0.3 is 0 Å². The minimum Gasteiger partial charge on any atom is -0.235 e. The number of allylic oxidation sites excluding steroid dienone is 2. The molecule has 0 N–H and O–H groups in total. The zero-order chi connectivity index (χ0) is 19.7. The highest BCUT2D eigenvalue weighted by Gasteiger charge is 2.72. The molecule has 0 aliphatic heterocycles. The molecule has 0 fully saturated rings. The van der Waals surface area contributed by atoms with E-state index in [2.05, 4.69) is 19.6 Å². The SMILES string of the molecule is Cc1sc(-c2ccc([Si](C)(C)C)s2)cc1C1=C(F)C(F)(F)C(F)(F)C1F. The van der Waals surface area contributed by atoms with Crippen LogP contribution in [0.3, 0.4) is 0 Å². The molecule has 2 aromatic heterocycles. The van der Waals surface area contributed by atoms with Gasteiger partial charge in [0.15, 0.2) is 12.0 Å². The van der Waals surface area contributed by atoms with Crippen LogP contribution in [-0.4, -0.2) is 26.1 Å². The van der Waals surface area contributed by atoms with Gasteiger partial charge in [0.2, 0.25) is 0 Å². The van der Waals surface area contributed by atoms with E-state index < -0.39 is 37.5 Å². The monoisotopic (exact) mass is 426 g/mol. The Bertz CT molecular complexity index is 887. The molecule has 142 valence electrons. The molecule has 0 radical (unpaired) electrons. The lowest BCUT2D eigenvalue weighted by Crippen LogP contribution is -2.42. The van der Waals surface area contributed by atoms with Gasteiger partial charge in [-0.25, -0.2) is 8.78 Å². The summed E-state index contributed by atoms with van der Waals surface area (Å²) in [4.78, 5) is 1.77. The van der Waals surface area contributed by atoms with E-state index in [1.807, 2.05) is 12.1 Å². The van der Waals surface area contributed by atoms with Crippen molar-refractivity contribution in [2.75, 3.05) is 0 Å². The van der Waals surface area contributed by atoms with E-state index in [1.54, 1.807) is 0 Å². The fourth-order valence-electron chi connectivity index (χ4n) is 2.77. The first-order valence-electron chi connectivity index (χ1n) is 7.80. The molecular formula is C17H16F6S2Si. The van der Waals surface area contributed by atoms with E-state index in [9.17, 15) is 26.3 Å². The highest BCUT2D eigenvalue weighted by molar-refractivity contribution is 7.30. The van der Waals surface area contributed by atoms with Crippen LogP contribution in [0.5, 0.6) is 0 Å². The predicted molar refractivity (Wildman–Crippen MR) is 98.2 cm³/mol. The molecule has 0 saturated heterocycles. The summed E-state index contributed by atoms with van der Waals surface area (Å²) in [7, 11) is -1.54. The highest BCUT2D eigenvalue weighted by atomic mass is 32.1. The lowest BCUT2D eigenvalue weighted by Gasteiger charge is -2.19. The average Bonchev–Trinajstić information content (AvgIpc) is 3.16. The third-order valence-electron chi connectivity index (χ3n) is 4.30. The van der Waals surface area contributed by atoms with Gasteiger partial charge in [-0.2, -0.15) is 17.6 Å². The summed E-state index contributed by atoms with van der Waals surface area (Å²) in [6, 6.07) is 5.18. The molecule has 0 aromatic carbocycles. The van der Waals surface area contributed by atoms with Crippen LogP contribution in [-0.2, 0) is 0 Å². The molecule has 3 rings (SSSR count). The molecule has 1 aliphatic carbocycles. The maximum absolute atomic E-state index is 14.0. The van der Waals surface area contributed by atoms with Gasteiger partial charge in [-0.15, -0.1) is 22.7 Å². The van der Waals surface area contributed by atoms with Crippen LogP contribution in [0, 0.1) is 6.92 Å². The van der Waals surface area contributed by atoms with Gasteiger partial charge >= 0.3 is 11.8 Å². The first-order valence-corrected chi connectivity index (χ1v) is 12.9. The Labute approximate surface area is 156 Å². The van der Waals surface area contributed by atoms with Crippen LogP contribution >= 0.6 is 22.7 Å². The Hall–Kier alpha value is -1.06. The summed E-state index contributed by atoms with van der Waals surface area (Å²) in [6.07, 6.45) is -3.38. The second-order valence-corrected chi connectivity index (χ2v) is 15.0. The van der Waals surface area contributed by atoms with E-state index in [0.717, 1.165) is 16.2 Å². The average molecular weight is 427 g/mol.